The van der Waals surface area contributed by atoms with Gasteiger partial charge in [0, 0.05) is 5.56 Å². The molecule has 1 aromatic carbocycles. The van der Waals surface area contributed by atoms with E-state index < -0.39 is 35.7 Å². The van der Waals surface area contributed by atoms with Crippen molar-refractivity contribution in [2.45, 2.75) is 6.18 Å². The van der Waals surface area contributed by atoms with Crippen LogP contribution in [0.2, 0.25) is 0 Å². The zero-order valence-electron chi connectivity index (χ0n) is 11.4. The number of amidine groups is 1. The van der Waals surface area contributed by atoms with Crippen molar-refractivity contribution in [2.24, 2.45) is 10.9 Å². The number of carbonyl (C=O) groups excluding carboxylic acids is 3. The molecular formula is C12H9F3N2O6. The molecule has 0 radical (unpaired) electrons. The molecule has 2 N–H and O–H groups in total. The molecule has 124 valence electrons. The number of methoxy groups -OCH3 is 1. The first-order valence-corrected chi connectivity index (χ1v) is 5.68. The molecule has 11 heteroatoms. The summed E-state index contributed by atoms with van der Waals surface area (Å²) in [6.45, 7) is 0. The number of nitrogens with zero attached hydrogens (tertiary/aromatic N) is 1. The number of hydrogen-bond donors (Lipinski definition) is 1. The predicted octanol–water partition coefficient (Wildman–Crippen LogP) is 1.34. The van der Waals surface area contributed by atoms with E-state index in [0.29, 0.717) is 0 Å². The van der Waals surface area contributed by atoms with Gasteiger partial charge in [-0.25, -0.2) is 14.4 Å². The van der Waals surface area contributed by atoms with Crippen LogP contribution < -0.4 is 5.73 Å². The molecule has 0 saturated heterocycles. The Balaban J connectivity index is 3.03. The largest absolute Gasteiger partial charge is 0.534 e. The SMILES string of the molecule is COC(=O)O/N=C(\N)c1ccccc1C(=O)OC(=O)C(F)(F)F. The van der Waals surface area contributed by atoms with Gasteiger partial charge < -0.3 is 15.2 Å². The summed E-state index contributed by atoms with van der Waals surface area (Å²) in [6, 6.07) is 4.89. The van der Waals surface area contributed by atoms with Crippen LogP contribution in [0.5, 0.6) is 0 Å². The van der Waals surface area contributed by atoms with Crippen LogP contribution in [0.3, 0.4) is 0 Å². The molecule has 0 unspecified atom stereocenters. The number of halogens is 3. The molecule has 1 rings (SSSR count). The van der Waals surface area contributed by atoms with Gasteiger partial charge in [0.15, 0.2) is 5.84 Å². The number of hydrogen-bond acceptors (Lipinski definition) is 7. The maximum absolute atomic E-state index is 12.1. The topological polar surface area (TPSA) is 117 Å². The molecule has 0 spiro atoms. The zero-order chi connectivity index (χ0) is 17.6. The van der Waals surface area contributed by atoms with Gasteiger partial charge in [-0.05, 0) is 6.07 Å². The minimum absolute atomic E-state index is 0.212. The van der Waals surface area contributed by atoms with Crippen LogP contribution in [-0.4, -0.2) is 37.2 Å². The van der Waals surface area contributed by atoms with Crippen LogP contribution in [0.25, 0.3) is 0 Å². The lowest BCUT2D eigenvalue weighted by molar-refractivity contribution is -0.193. The molecule has 8 nitrogen and oxygen atoms in total. The van der Waals surface area contributed by atoms with Crippen molar-refractivity contribution < 1.29 is 41.9 Å². The number of ether oxygens (including phenoxy) is 2. The van der Waals surface area contributed by atoms with E-state index in [1.54, 1.807) is 0 Å². The molecule has 0 amide bonds. The van der Waals surface area contributed by atoms with Gasteiger partial charge in [-0.2, -0.15) is 13.2 Å². The quantitative estimate of drug-likeness (QED) is 0.221. The Morgan fingerprint density at radius 3 is 2.22 bits per heavy atom. The highest BCUT2D eigenvalue weighted by atomic mass is 19.4. The van der Waals surface area contributed by atoms with E-state index in [1.807, 2.05) is 0 Å². The molecular weight excluding hydrogens is 325 g/mol. The van der Waals surface area contributed by atoms with Crippen LogP contribution in [0.4, 0.5) is 18.0 Å². The van der Waals surface area contributed by atoms with Crippen LogP contribution in [0.15, 0.2) is 29.4 Å². The first-order valence-electron chi connectivity index (χ1n) is 5.68. The van der Waals surface area contributed by atoms with E-state index in [9.17, 15) is 27.6 Å². The summed E-state index contributed by atoms with van der Waals surface area (Å²) in [6.07, 6.45) is -6.54. The molecule has 0 bridgehead atoms. The van der Waals surface area contributed by atoms with Gasteiger partial charge in [0.2, 0.25) is 0 Å². The number of carbonyl (C=O) groups is 3. The fourth-order valence-electron chi connectivity index (χ4n) is 1.25. The standard InChI is InChI=1S/C12H9F3N2O6/c1-21-11(20)23-17-8(16)6-4-2-3-5-7(6)9(18)22-10(19)12(13,14)15/h2-5H,1H3,(H2,16,17). The van der Waals surface area contributed by atoms with Gasteiger partial charge in [0.05, 0.1) is 12.7 Å². The maximum Gasteiger partial charge on any atom is 0.534 e. The summed E-state index contributed by atoms with van der Waals surface area (Å²) < 4.78 is 44.1. The Labute approximate surface area is 126 Å². The molecule has 0 saturated carbocycles. The minimum Gasteiger partial charge on any atom is -0.436 e. The number of oxime groups is 1. The van der Waals surface area contributed by atoms with Gasteiger partial charge in [0.25, 0.3) is 0 Å². The number of rotatable bonds is 3. The van der Waals surface area contributed by atoms with Crippen molar-refractivity contribution in [1.82, 2.24) is 0 Å². The summed E-state index contributed by atoms with van der Waals surface area (Å²) >= 11 is 0. The van der Waals surface area contributed by atoms with Crippen LogP contribution in [0, 0.1) is 0 Å². The van der Waals surface area contributed by atoms with Gasteiger partial charge >= 0.3 is 24.3 Å². The Kier molecular flexibility index (Phi) is 5.65. The van der Waals surface area contributed by atoms with Crippen LogP contribution >= 0.6 is 0 Å². The van der Waals surface area contributed by atoms with E-state index in [2.05, 4.69) is 19.5 Å². The maximum atomic E-state index is 12.1. The smallest absolute Gasteiger partial charge is 0.436 e. The highest BCUT2D eigenvalue weighted by Crippen LogP contribution is 2.18. The number of esters is 2. The molecule has 0 aromatic heterocycles. The van der Waals surface area contributed by atoms with Crippen molar-refractivity contribution in [3.63, 3.8) is 0 Å². The Morgan fingerprint density at radius 1 is 1.13 bits per heavy atom. The third-order valence-corrected chi connectivity index (χ3v) is 2.22. The fourth-order valence-corrected chi connectivity index (χ4v) is 1.25. The summed E-state index contributed by atoms with van der Waals surface area (Å²) in [4.78, 5) is 37.2. The van der Waals surface area contributed by atoms with E-state index in [-0.39, 0.29) is 5.56 Å². The van der Waals surface area contributed by atoms with Crippen molar-refractivity contribution in [3.8, 4) is 0 Å². The molecule has 23 heavy (non-hydrogen) atoms. The molecule has 0 aliphatic rings. The van der Waals surface area contributed by atoms with Crippen molar-refractivity contribution >= 4 is 23.9 Å². The van der Waals surface area contributed by atoms with E-state index in [1.165, 1.54) is 18.2 Å². The van der Waals surface area contributed by atoms with Crippen molar-refractivity contribution in [2.75, 3.05) is 7.11 Å². The average molecular weight is 334 g/mol. The molecule has 1 aromatic rings. The lowest BCUT2D eigenvalue weighted by Crippen LogP contribution is -2.29. The Morgan fingerprint density at radius 2 is 1.70 bits per heavy atom. The third-order valence-electron chi connectivity index (χ3n) is 2.22. The van der Waals surface area contributed by atoms with Gasteiger partial charge in [-0.15, -0.1) is 0 Å². The van der Waals surface area contributed by atoms with E-state index in [4.69, 9.17) is 5.73 Å². The molecule has 0 aliphatic heterocycles. The van der Waals surface area contributed by atoms with Crippen molar-refractivity contribution in [1.29, 1.82) is 0 Å². The second-order valence-corrected chi connectivity index (χ2v) is 3.74. The fraction of sp³-hybridized carbons (Fsp3) is 0.167. The normalized spacial score (nSPS) is 11.6. The summed E-state index contributed by atoms with van der Waals surface area (Å²) in [5, 5.41) is 3.14. The molecule has 0 heterocycles. The molecule has 0 atom stereocenters. The highest BCUT2D eigenvalue weighted by molar-refractivity contribution is 6.09. The first kappa shape index (κ1) is 17.9. The lowest BCUT2D eigenvalue weighted by Gasteiger charge is -2.09. The number of benzene rings is 1. The van der Waals surface area contributed by atoms with Gasteiger partial charge in [-0.3, -0.25) is 4.84 Å². The summed E-state index contributed by atoms with van der Waals surface area (Å²) in [5.74, 6) is -4.81. The second-order valence-electron chi connectivity index (χ2n) is 3.74. The van der Waals surface area contributed by atoms with Crippen LogP contribution in [0.1, 0.15) is 15.9 Å². The van der Waals surface area contributed by atoms with Gasteiger partial charge in [-0.1, -0.05) is 23.4 Å². The number of nitrogens with two attached hydrogens (primary N) is 1. The van der Waals surface area contributed by atoms with Crippen LogP contribution in [-0.2, 0) is 19.1 Å². The highest BCUT2D eigenvalue weighted by Gasteiger charge is 2.42. The second kappa shape index (κ2) is 7.24. The summed E-state index contributed by atoms with van der Waals surface area (Å²) in [7, 11) is 1.00. The van der Waals surface area contributed by atoms with E-state index >= 15 is 0 Å². The zero-order valence-corrected chi connectivity index (χ0v) is 11.4. The van der Waals surface area contributed by atoms with Gasteiger partial charge in [0.1, 0.15) is 0 Å². The molecule has 0 aliphatic carbocycles. The Bertz CT molecular complexity index is 656. The van der Waals surface area contributed by atoms with Crippen molar-refractivity contribution in [3.05, 3.63) is 35.4 Å². The number of alkyl halides is 3. The lowest BCUT2D eigenvalue weighted by atomic mass is 10.1. The first-order chi connectivity index (χ1) is 10.7. The average Bonchev–Trinajstić information content (AvgIpc) is 2.51. The predicted molar refractivity (Wildman–Crippen MR) is 67.1 cm³/mol. The summed E-state index contributed by atoms with van der Waals surface area (Å²) in [5.41, 5.74) is 4.76. The minimum atomic E-state index is -5.34. The molecule has 0 fully saturated rings. The third kappa shape index (κ3) is 4.98. The van der Waals surface area contributed by atoms with E-state index in [0.717, 1.165) is 13.2 Å². The monoisotopic (exact) mass is 334 g/mol. The Hall–Kier alpha value is -3.11.